The van der Waals surface area contributed by atoms with Crippen molar-refractivity contribution in [2.45, 2.75) is 19.4 Å². The van der Waals surface area contributed by atoms with E-state index in [1.54, 1.807) is 0 Å². The second kappa shape index (κ2) is 3.16. The van der Waals surface area contributed by atoms with E-state index in [0.29, 0.717) is 5.00 Å². The van der Waals surface area contributed by atoms with E-state index >= 15 is 0 Å². The second-order valence-electron chi connectivity index (χ2n) is 2.79. The van der Waals surface area contributed by atoms with Gasteiger partial charge in [0.2, 0.25) is 0 Å². The fourth-order valence-corrected chi connectivity index (χ4v) is 0.902. The highest BCUT2D eigenvalue weighted by Gasteiger charge is 2.23. The van der Waals surface area contributed by atoms with Crippen LogP contribution in [-0.4, -0.2) is 26.2 Å². The molecule has 1 rings (SSSR count). The van der Waals surface area contributed by atoms with Gasteiger partial charge in [-0.2, -0.15) is 0 Å². The van der Waals surface area contributed by atoms with E-state index in [-0.39, 0.29) is 0 Å². The first-order valence-electron chi connectivity index (χ1n) is 3.31. The summed E-state index contributed by atoms with van der Waals surface area (Å²) in [7, 11) is 0. The predicted octanol–water partition coefficient (Wildman–Crippen LogP) is 0.248. The maximum atomic E-state index is 11.1. The van der Waals surface area contributed by atoms with Gasteiger partial charge in [-0.25, -0.2) is 0 Å². The first-order chi connectivity index (χ1) is 5.50. The van der Waals surface area contributed by atoms with Gasteiger partial charge in [0.1, 0.15) is 10.6 Å². The molecule has 0 spiro atoms. The zero-order valence-corrected chi connectivity index (χ0v) is 7.55. The number of carbonyl (C=O) groups is 1. The number of nitrogens with zero attached hydrogens (tertiary/aromatic N) is 2. The van der Waals surface area contributed by atoms with Gasteiger partial charge in [0, 0.05) is 11.5 Å². The van der Waals surface area contributed by atoms with Crippen LogP contribution in [0.5, 0.6) is 0 Å². The number of hydrogen-bond donors (Lipinski definition) is 2. The number of aromatic nitrogens is 2. The van der Waals surface area contributed by atoms with Crippen molar-refractivity contribution < 1.29 is 9.90 Å². The fourth-order valence-electron chi connectivity index (χ4n) is 0.487. The van der Waals surface area contributed by atoms with Crippen LogP contribution in [0.15, 0.2) is 6.20 Å². The summed E-state index contributed by atoms with van der Waals surface area (Å²) < 4.78 is 3.55. The van der Waals surface area contributed by atoms with Crippen LogP contribution < -0.4 is 5.32 Å². The summed E-state index contributed by atoms with van der Waals surface area (Å²) in [6.45, 7) is 2.83. The van der Waals surface area contributed by atoms with Crippen molar-refractivity contribution >= 4 is 22.4 Å². The van der Waals surface area contributed by atoms with Crippen molar-refractivity contribution in [3.63, 3.8) is 0 Å². The van der Waals surface area contributed by atoms with Crippen LogP contribution in [0.2, 0.25) is 0 Å². The van der Waals surface area contributed by atoms with Crippen LogP contribution in [0.3, 0.4) is 0 Å². The van der Waals surface area contributed by atoms with E-state index in [9.17, 15) is 9.90 Å². The van der Waals surface area contributed by atoms with Crippen molar-refractivity contribution in [1.29, 1.82) is 0 Å². The molecule has 0 unspecified atom stereocenters. The lowest BCUT2D eigenvalue weighted by Crippen LogP contribution is -2.36. The molecule has 0 aliphatic heterocycles. The molecule has 0 saturated carbocycles. The molecule has 1 amide bonds. The molecule has 66 valence electrons. The van der Waals surface area contributed by atoms with Crippen molar-refractivity contribution in [1.82, 2.24) is 9.59 Å². The normalized spacial score (nSPS) is 11.2. The smallest absolute Gasteiger partial charge is 0.256 e. The Morgan fingerprint density at radius 1 is 1.75 bits per heavy atom. The molecular weight excluding hydrogens is 178 g/mol. The molecule has 0 aliphatic carbocycles. The quantitative estimate of drug-likeness (QED) is 0.695. The largest absolute Gasteiger partial charge is 0.381 e. The first-order valence-corrected chi connectivity index (χ1v) is 4.08. The highest BCUT2D eigenvalue weighted by atomic mass is 32.1. The zero-order valence-electron chi connectivity index (χ0n) is 6.74. The van der Waals surface area contributed by atoms with Crippen LogP contribution in [-0.2, 0) is 4.79 Å². The minimum absolute atomic E-state index is 0.464. The Bertz CT molecular complexity index is 265. The summed E-state index contributed by atoms with van der Waals surface area (Å²) in [6, 6.07) is 0. The summed E-state index contributed by atoms with van der Waals surface area (Å²) in [4.78, 5) is 11.1. The van der Waals surface area contributed by atoms with Gasteiger partial charge in [0.05, 0.1) is 6.20 Å². The summed E-state index contributed by atoms with van der Waals surface area (Å²) in [5, 5.41) is 15.8. The maximum Gasteiger partial charge on any atom is 0.256 e. The fraction of sp³-hybridized carbons (Fsp3) is 0.500. The number of nitrogens with one attached hydrogen (secondary N) is 1. The van der Waals surface area contributed by atoms with Gasteiger partial charge in [-0.1, -0.05) is 4.49 Å². The van der Waals surface area contributed by atoms with Crippen LogP contribution in [0.1, 0.15) is 13.8 Å². The minimum Gasteiger partial charge on any atom is -0.381 e. The average molecular weight is 187 g/mol. The highest BCUT2D eigenvalue weighted by Crippen LogP contribution is 2.12. The van der Waals surface area contributed by atoms with E-state index in [4.69, 9.17) is 0 Å². The molecule has 1 aromatic heterocycles. The Kier molecular flexibility index (Phi) is 2.39. The van der Waals surface area contributed by atoms with Crippen molar-refractivity contribution in [3.05, 3.63) is 6.20 Å². The van der Waals surface area contributed by atoms with Gasteiger partial charge in [-0.3, -0.25) is 4.79 Å². The van der Waals surface area contributed by atoms with Gasteiger partial charge < -0.3 is 10.4 Å². The Morgan fingerprint density at radius 3 is 2.83 bits per heavy atom. The number of carbonyl (C=O) groups excluding carboxylic acids is 1. The molecule has 1 aromatic rings. The highest BCUT2D eigenvalue weighted by molar-refractivity contribution is 7.10. The molecule has 0 aromatic carbocycles. The maximum absolute atomic E-state index is 11.1. The van der Waals surface area contributed by atoms with E-state index < -0.39 is 11.5 Å². The third kappa shape index (κ3) is 2.24. The first kappa shape index (κ1) is 9.08. The van der Waals surface area contributed by atoms with Crippen LogP contribution in [0.4, 0.5) is 5.00 Å². The molecular formula is C6H9N3O2S. The average Bonchev–Trinajstić information content (AvgIpc) is 2.37. The van der Waals surface area contributed by atoms with E-state index in [2.05, 4.69) is 14.9 Å². The van der Waals surface area contributed by atoms with E-state index in [1.165, 1.54) is 20.0 Å². The lowest BCUT2D eigenvalue weighted by molar-refractivity contribution is -0.130. The number of anilines is 1. The molecule has 0 atom stereocenters. The third-order valence-electron chi connectivity index (χ3n) is 1.15. The molecule has 0 fully saturated rings. The van der Waals surface area contributed by atoms with Crippen molar-refractivity contribution in [3.8, 4) is 0 Å². The number of aliphatic hydroxyl groups is 1. The third-order valence-corrected chi connectivity index (χ3v) is 1.73. The summed E-state index contributed by atoms with van der Waals surface area (Å²) in [5.41, 5.74) is -1.37. The SMILES string of the molecule is CC(C)(O)C(=O)Nc1cnns1. The topological polar surface area (TPSA) is 75.1 Å². The van der Waals surface area contributed by atoms with Crippen LogP contribution >= 0.6 is 11.5 Å². The molecule has 12 heavy (non-hydrogen) atoms. The molecule has 0 aliphatic rings. The lowest BCUT2D eigenvalue weighted by Gasteiger charge is -2.14. The Balaban J connectivity index is 2.60. The molecule has 0 radical (unpaired) electrons. The van der Waals surface area contributed by atoms with Gasteiger partial charge in [-0.15, -0.1) is 5.10 Å². The van der Waals surface area contributed by atoms with E-state index in [0.717, 1.165) is 11.5 Å². The molecule has 5 nitrogen and oxygen atoms in total. The summed E-state index contributed by atoms with van der Waals surface area (Å²) >= 11 is 1.06. The molecule has 1 heterocycles. The van der Waals surface area contributed by atoms with Gasteiger partial charge in [0.15, 0.2) is 0 Å². The monoisotopic (exact) mass is 187 g/mol. The molecule has 0 bridgehead atoms. The van der Waals surface area contributed by atoms with Crippen LogP contribution in [0.25, 0.3) is 0 Å². The Morgan fingerprint density at radius 2 is 2.42 bits per heavy atom. The lowest BCUT2D eigenvalue weighted by atomic mass is 10.1. The molecule has 0 saturated heterocycles. The van der Waals surface area contributed by atoms with E-state index in [1.807, 2.05) is 0 Å². The van der Waals surface area contributed by atoms with Crippen molar-refractivity contribution in [2.75, 3.05) is 5.32 Å². The standard InChI is InChI=1S/C6H9N3O2S/c1-6(2,11)5(10)8-4-3-7-9-12-4/h3,11H,1-2H3,(H,8,10). The number of amides is 1. The Labute approximate surface area is 73.6 Å². The summed E-state index contributed by atoms with van der Waals surface area (Å²) in [5.74, 6) is -0.464. The minimum atomic E-state index is -1.37. The van der Waals surface area contributed by atoms with Crippen molar-refractivity contribution in [2.24, 2.45) is 0 Å². The number of hydrogen-bond acceptors (Lipinski definition) is 5. The summed E-state index contributed by atoms with van der Waals surface area (Å²) in [6.07, 6.45) is 1.42. The Hall–Kier alpha value is -1.01. The van der Waals surface area contributed by atoms with Gasteiger partial charge in [-0.05, 0) is 13.8 Å². The predicted molar refractivity (Wildman–Crippen MR) is 44.8 cm³/mol. The van der Waals surface area contributed by atoms with Crippen LogP contribution in [0, 0.1) is 0 Å². The second-order valence-corrected chi connectivity index (χ2v) is 3.58. The number of rotatable bonds is 2. The van der Waals surface area contributed by atoms with Gasteiger partial charge >= 0.3 is 0 Å². The zero-order chi connectivity index (χ0) is 9.19. The molecule has 2 N–H and O–H groups in total. The van der Waals surface area contributed by atoms with Gasteiger partial charge in [0.25, 0.3) is 5.91 Å². The molecule has 6 heteroatoms.